The number of thiazole rings is 1. The van der Waals surface area contributed by atoms with Gasteiger partial charge in [-0.1, -0.05) is 41.7 Å². The van der Waals surface area contributed by atoms with E-state index in [0.717, 1.165) is 47.6 Å². The molecule has 1 aromatic heterocycles. The van der Waals surface area contributed by atoms with Gasteiger partial charge in [0.15, 0.2) is 5.13 Å². The summed E-state index contributed by atoms with van der Waals surface area (Å²) in [5.41, 5.74) is 4.21. The quantitative estimate of drug-likeness (QED) is 0.518. The molecular weight excluding hydrogens is 300 g/mol. The van der Waals surface area contributed by atoms with Crippen molar-refractivity contribution in [2.24, 2.45) is 5.10 Å². The Labute approximate surface area is 132 Å². The molecule has 1 aromatic carbocycles. The van der Waals surface area contributed by atoms with Crippen LogP contribution in [0.2, 0.25) is 0 Å². The Bertz CT molecular complexity index is 651. The van der Waals surface area contributed by atoms with Gasteiger partial charge in [0, 0.05) is 18.7 Å². The number of carbonyl (C=O) groups excluding carboxylic acids is 1. The fourth-order valence-electron chi connectivity index (χ4n) is 2.23. The lowest BCUT2D eigenvalue weighted by atomic mass is 10.1. The number of nitrogens with one attached hydrogen (secondary N) is 1. The van der Waals surface area contributed by atoms with Crippen molar-refractivity contribution >= 4 is 29.1 Å². The van der Waals surface area contributed by atoms with Crippen LogP contribution >= 0.6 is 11.3 Å². The molecule has 1 amide bonds. The molecule has 2 heterocycles. The second kappa shape index (κ2) is 7.15. The lowest BCUT2D eigenvalue weighted by Crippen LogP contribution is -2.36. The topological polar surface area (TPSA) is 66.8 Å². The molecule has 1 aliphatic rings. The van der Waals surface area contributed by atoms with E-state index < -0.39 is 0 Å². The number of morpholine rings is 1. The lowest BCUT2D eigenvalue weighted by Gasteiger charge is -2.26. The molecule has 1 N–H and O–H groups in total. The summed E-state index contributed by atoms with van der Waals surface area (Å²) in [5.74, 6) is 0. The Morgan fingerprint density at radius 3 is 2.77 bits per heavy atom. The fourth-order valence-corrected chi connectivity index (χ4v) is 3.24. The molecular formula is C15H16N4O2S. The zero-order valence-electron chi connectivity index (χ0n) is 11.9. The molecule has 1 saturated heterocycles. The van der Waals surface area contributed by atoms with Gasteiger partial charge in [-0.15, -0.1) is 0 Å². The van der Waals surface area contributed by atoms with Crippen molar-refractivity contribution in [1.29, 1.82) is 0 Å². The smallest absolute Gasteiger partial charge is 0.227 e. The summed E-state index contributed by atoms with van der Waals surface area (Å²) in [7, 11) is 0. The van der Waals surface area contributed by atoms with E-state index in [4.69, 9.17) is 9.72 Å². The van der Waals surface area contributed by atoms with Crippen molar-refractivity contribution in [3.8, 4) is 11.3 Å². The number of rotatable bonds is 5. The van der Waals surface area contributed by atoms with Gasteiger partial charge in [0.1, 0.15) is 0 Å². The van der Waals surface area contributed by atoms with E-state index >= 15 is 0 Å². The second-order valence-corrected chi connectivity index (χ2v) is 5.69. The highest BCUT2D eigenvalue weighted by atomic mass is 32.1. The molecule has 1 fully saturated rings. The second-order valence-electron chi connectivity index (χ2n) is 4.68. The van der Waals surface area contributed by atoms with Crippen LogP contribution in [0.3, 0.4) is 0 Å². The van der Waals surface area contributed by atoms with Gasteiger partial charge in [-0.05, 0) is 0 Å². The number of anilines is 1. The van der Waals surface area contributed by atoms with Gasteiger partial charge < -0.3 is 9.64 Å². The zero-order valence-corrected chi connectivity index (χ0v) is 12.8. The Balaban J connectivity index is 1.94. The van der Waals surface area contributed by atoms with Gasteiger partial charge in [0.2, 0.25) is 6.41 Å². The zero-order chi connectivity index (χ0) is 15.2. The highest BCUT2D eigenvalue weighted by Crippen LogP contribution is 2.32. The maximum atomic E-state index is 10.3. The van der Waals surface area contributed by atoms with E-state index in [2.05, 4.69) is 15.4 Å². The van der Waals surface area contributed by atoms with Gasteiger partial charge in [-0.2, -0.15) is 5.10 Å². The number of hydrogen-bond acceptors (Lipinski definition) is 6. The summed E-state index contributed by atoms with van der Waals surface area (Å²) in [5, 5.41) is 4.84. The van der Waals surface area contributed by atoms with Crippen molar-refractivity contribution in [1.82, 2.24) is 10.4 Å². The monoisotopic (exact) mass is 316 g/mol. The van der Waals surface area contributed by atoms with Gasteiger partial charge in [-0.3, -0.25) is 4.79 Å². The largest absolute Gasteiger partial charge is 0.378 e. The number of hydrogen-bond donors (Lipinski definition) is 1. The first-order valence-electron chi connectivity index (χ1n) is 6.99. The van der Waals surface area contributed by atoms with Crippen molar-refractivity contribution in [2.75, 3.05) is 31.2 Å². The van der Waals surface area contributed by atoms with Gasteiger partial charge in [0.25, 0.3) is 0 Å². The third-order valence-electron chi connectivity index (χ3n) is 3.28. The van der Waals surface area contributed by atoms with Crippen molar-refractivity contribution in [3.05, 3.63) is 35.2 Å². The third-order valence-corrected chi connectivity index (χ3v) is 4.33. The van der Waals surface area contributed by atoms with Crippen molar-refractivity contribution in [3.63, 3.8) is 0 Å². The molecule has 0 spiro atoms. The molecule has 0 radical (unpaired) electrons. The number of carbonyl (C=O) groups is 1. The molecule has 3 rings (SSSR count). The first kappa shape index (κ1) is 14.7. The van der Waals surface area contributed by atoms with Crippen LogP contribution in [-0.2, 0) is 9.53 Å². The van der Waals surface area contributed by atoms with E-state index in [-0.39, 0.29) is 0 Å². The van der Waals surface area contributed by atoms with Gasteiger partial charge in [-0.25, -0.2) is 10.4 Å². The minimum Gasteiger partial charge on any atom is -0.378 e. The van der Waals surface area contributed by atoms with Crippen molar-refractivity contribution in [2.45, 2.75) is 0 Å². The van der Waals surface area contributed by atoms with Crippen LogP contribution in [0.5, 0.6) is 0 Å². The fraction of sp³-hybridized carbons (Fsp3) is 0.267. The van der Waals surface area contributed by atoms with Crippen LogP contribution in [-0.4, -0.2) is 43.9 Å². The minimum absolute atomic E-state index is 0.544. The molecule has 6 nitrogen and oxygen atoms in total. The molecule has 2 aromatic rings. The summed E-state index contributed by atoms with van der Waals surface area (Å²) >= 11 is 1.57. The van der Waals surface area contributed by atoms with Crippen molar-refractivity contribution < 1.29 is 9.53 Å². The summed E-state index contributed by atoms with van der Waals surface area (Å²) in [4.78, 5) is 18.2. The van der Waals surface area contributed by atoms with E-state index in [1.54, 1.807) is 17.6 Å². The molecule has 0 saturated carbocycles. The van der Waals surface area contributed by atoms with Gasteiger partial charge in [0.05, 0.1) is 30.0 Å². The van der Waals surface area contributed by atoms with Crippen LogP contribution in [0, 0.1) is 0 Å². The molecule has 0 unspecified atom stereocenters. The first-order valence-corrected chi connectivity index (χ1v) is 7.81. The average Bonchev–Trinajstić information content (AvgIpc) is 3.01. The molecule has 7 heteroatoms. The van der Waals surface area contributed by atoms with Crippen LogP contribution in [0.1, 0.15) is 4.88 Å². The highest BCUT2D eigenvalue weighted by Gasteiger charge is 2.18. The number of benzene rings is 1. The Kier molecular flexibility index (Phi) is 4.77. The minimum atomic E-state index is 0.544. The number of aromatic nitrogens is 1. The maximum Gasteiger partial charge on any atom is 0.227 e. The Hall–Kier alpha value is -2.25. The maximum absolute atomic E-state index is 10.3. The summed E-state index contributed by atoms with van der Waals surface area (Å²) in [6, 6.07) is 9.97. The predicted octanol–water partition coefficient (Wildman–Crippen LogP) is 1.73. The van der Waals surface area contributed by atoms with Gasteiger partial charge >= 0.3 is 0 Å². The number of hydrazone groups is 1. The van der Waals surface area contributed by atoms with Crippen LogP contribution in [0.25, 0.3) is 11.3 Å². The first-order chi connectivity index (χ1) is 10.9. The van der Waals surface area contributed by atoms with E-state index in [1.165, 1.54) is 0 Å². The molecule has 22 heavy (non-hydrogen) atoms. The molecule has 0 atom stereocenters. The number of nitrogens with zero attached hydrogens (tertiary/aromatic N) is 3. The summed E-state index contributed by atoms with van der Waals surface area (Å²) in [6.07, 6.45) is 2.18. The summed E-state index contributed by atoms with van der Waals surface area (Å²) < 4.78 is 5.38. The molecule has 114 valence electrons. The lowest BCUT2D eigenvalue weighted by molar-refractivity contribution is -0.109. The number of ether oxygens (including phenoxy) is 1. The van der Waals surface area contributed by atoms with Crippen LogP contribution in [0.4, 0.5) is 5.13 Å². The number of amides is 1. The molecule has 1 aliphatic heterocycles. The highest BCUT2D eigenvalue weighted by molar-refractivity contribution is 7.17. The Morgan fingerprint density at radius 1 is 1.27 bits per heavy atom. The van der Waals surface area contributed by atoms with E-state index in [0.29, 0.717) is 6.41 Å². The SMILES string of the molecule is O=CN/N=C/c1sc(N2CCOCC2)nc1-c1ccccc1. The van der Waals surface area contributed by atoms with E-state index in [1.807, 2.05) is 30.3 Å². The van der Waals surface area contributed by atoms with Crippen LogP contribution < -0.4 is 10.3 Å². The Morgan fingerprint density at radius 2 is 2.05 bits per heavy atom. The van der Waals surface area contributed by atoms with E-state index in [9.17, 15) is 4.79 Å². The third kappa shape index (κ3) is 3.32. The standard InChI is InChI=1S/C15H16N4O2S/c20-11-17-16-10-13-14(12-4-2-1-3-5-12)18-15(22-13)19-6-8-21-9-7-19/h1-5,10-11H,6-9H2,(H,17,20)/b16-10+. The molecule has 0 bridgehead atoms. The predicted molar refractivity (Wildman–Crippen MR) is 87.4 cm³/mol. The molecule has 0 aliphatic carbocycles. The average molecular weight is 316 g/mol. The normalized spacial score (nSPS) is 15.2. The summed E-state index contributed by atoms with van der Waals surface area (Å²) in [6.45, 7) is 3.11. The van der Waals surface area contributed by atoms with Crippen LogP contribution in [0.15, 0.2) is 35.4 Å².